The summed E-state index contributed by atoms with van der Waals surface area (Å²) >= 11 is 0. The first-order valence-electron chi connectivity index (χ1n) is 0.805. The monoisotopic (exact) mass is 105 g/mol. The van der Waals surface area contributed by atoms with Gasteiger partial charge in [0, 0.05) is 0 Å². The maximum Gasteiger partial charge on any atom is 1.00 e. The molecule has 0 saturated carbocycles. The average molecular weight is 105 g/mol. The molecule has 0 aromatic rings. The Morgan fingerprint density at radius 2 is 1.17 bits per heavy atom. The summed E-state index contributed by atoms with van der Waals surface area (Å²) in [7, 11) is -2.17. The zero-order valence-electron chi connectivity index (χ0n) is 3.97. The fourth-order valence-electron chi connectivity index (χ4n) is 0. The summed E-state index contributed by atoms with van der Waals surface area (Å²) in [6, 6.07) is 0. The fraction of sp³-hybridized carbons (Fsp3) is 0. The topological polar surface area (TPSA) is 72.1 Å². The minimum Gasteiger partial charge on any atom is -0.881 e. The van der Waals surface area contributed by atoms with Crippen LogP contribution < -0.4 is 74.8 Å². The van der Waals surface area contributed by atoms with Crippen LogP contribution in [0.3, 0.4) is 0 Å². The van der Waals surface area contributed by atoms with Crippen molar-refractivity contribution < 1.29 is 69.2 Å². The van der Waals surface area contributed by atoms with E-state index in [1.165, 1.54) is 0 Å². The molecule has 0 fully saturated rings. The number of rotatable bonds is 0. The van der Waals surface area contributed by atoms with E-state index in [1.807, 2.05) is 0 Å². The van der Waals surface area contributed by atoms with E-state index in [0.29, 0.717) is 0 Å². The molecular weight excluding hydrogens is 103 g/mol. The number of hydrogen-bond acceptors (Lipinski definition) is 3. The maximum atomic E-state index is 8.75. The van der Waals surface area contributed by atoms with E-state index in [9.17, 15) is 0 Å². The molecule has 24 valence electrons. The summed E-state index contributed by atoms with van der Waals surface area (Å²) in [4.78, 5) is 0. The van der Waals surface area contributed by atoms with Gasteiger partial charge in [-0.2, -0.15) is 0 Å². The van der Waals surface area contributed by atoms with Gasteiger partial charge < -0.3 is 15.7 Å². The third-order valence-corrected chi connectivity index (χ3v) is 0. The van der Waals surface area contributed by atoms with E-state index < -0.39 is 7.25 Å². The normalized spacial score (nSPS) is 4.50. The van der Waals surface area contributed by atoms with Gasteiger partial charge in [0.05, 0.1) is 0 Å². The molecule has 0 unspecified atom stereocenters. The summed E-state index contributed by atoms with van der Waals surface area (Å²) < 4.78 is 0. The second kappa shape index (κ2) is 10.0. The van der Waals surface area contributed by atoms with Gasteiger partial charge in [0.1, 0.15) is 0 Å². The Morgan fingerprint density at radius 1 is 1.17 bits per heavy atom. The van der Waals surface area contributed by atoms with Gasteiger partial charge >= 0.3 is 59.1 Å². The molecule has 6 heavy (non-hydrogen) atoms. The van der Waals surface area contributed by atoms with Gasteiger partial charge in [-0.1, -0.05) is 0 Å². The fourth-order valence-corrected chi connectivity index (χ4v) is 0. The van der Waals surface area contributed by atoms with Gasteiger partial charge in [0.25, 0.3) is 0 Å². The van der Waals surface area contributed by atoms with Crippen molar-refractivity contribution in [2.75, 3.05) is 0 Å². The minimum atomic E-state index is -2.17. The SMILES string of the molecule is NB([O-])[O-].[Na+].[Na+]. The van der Waals surface area contributed by atoms with Gasteiger partial charge in [-0.15, -0.1) is 0 Å². The maximum absolute atomic E-state index is 8.75. The summed E-state index contributed by atoms with van der Waals surface area (Å²) in [6.07, 6.45) is 0. The van der Waals surface area contributed by atoms with Crippen molar-refractivity contribution in [2.45, 2.75) is 0 Å². The molecule has 0 aliphatic carbocycles. The molecule has 0 aromatic carbocycles. The van der Waals surface area contributed by atoms with Gasteiger partial charge in [-0.25, -0.2) is 0 Å². The molecule has 0 amide bonds. The van der Waals surface area contributed by atoms with Crippen molar-refractivity contribution in [3.05, 3.63) is 0 Å². The first kappa shape index (κ1) is 15.7. The molecule has 0 aliphatic rings. The Kier molecular flexibility index (Phi) is 26.2. The Bertz CT molecular complexity index is 16.3. The van der Waals surface area contributed by atoms with Gasteiger partial charge in [-0.3, -0.25) is 0 Å². The molecule has 0 atom stereocenters. The molecule has 0 bridgehead atoms. The van der Waals surface area contributed by atoms with Crippen LogP contribution in [0.25, 0.3) is 0 Å². The first-order chi connectivity index (χ1) is 1.73. The van der Waals surface area contributed by atoms with Crippen molar-refractivity contribution in [1.82, 2.24) is 0 Å². The van der Waals surface area contributed by atoms with E-state index in [-0.39, 0.29) is 59.1 Å². The summed E-state index contributed by atoms with van der Waals surface area (Å²) in [5, 5.41) is 17.5. The molecule has 0 aromatic heterocycles. The molecule has 2 N–H and O–H groups in total. The molecule has 0 spiro atoms. The van der Waals surface area contributed by atoms with Crippen LogP contribution in [0.5, 0.6) is 0 Å². The Labute approximate surface area is 81.0 Å². The van der Waals surface area contributed by atoms with Crippen LogP contribution in [0.4, 0.5) is 0 Å². The molecule has 3 nitrogen and oxygen atoms in total. The molecule has 6 heteroatoms. The zero-order chi connectivity index (χ0) is 3.58. The van der Waals surface area contributed by atoms with Crippen LogP contribution >= 0.6 is 0 Å². The van der Waals surface area contributed by atoms with Gasteiger partial charge in [-0.05, 0) is 7.25 Å². The van der Waals surface area contributed by atoms with Crippen LogP contribution in [0, 0.1) is 0 Å². The molecule has 0 saturated heterocycles. The Balaban J connectivity index is -0.0000000450. The first-order valence-corrected chi connectivity index (χ1v) is 0.805. The smallest absolute Gasteiger partial charge is 0.881 e. The van der Waals surface area contributed by atoms with Crippen molar-refractivity contribution >= 4 is 7.25 Å². The van der Waals surface area contributed by atoms with Crippen molar-refractivity contribution in [3.8, 4) is 0 Å². The predicted molar refractivity (Wildman–Crippen MR) is 9.94 cm³/mol. The molecular formula is H2BNNa2O2. The van der Waals surface area contributed by atoms with Crippen LogP contribution in [0.2, 0.25) is 0 Å². The molecule has 0 heterocycles. The van der Waals surface area contributed by atoms with Crippen LogP contribution in [0.15, 0.2) is 0 Å². The van der Waals surface area contributed by atoms with Crippen molar-refractivity contribution in [3.63, 3.8) is 0 Å². The standard InChI is InChI=1S/BH2NO2.2Na/c2-1(3)4;;/h2H2;;/q-2;2*+1. The largest absolute Gasteiger partial charge is 1.00 e. The Morgan fingerprint density at radius 3 is 1.17 bits per heavy atom. The van der Waals surface area contributed by atoms with Gasteiger partial charge in [0.15, 0.2) is 0 Å². The second-order valence-corrected chi connectivity index (χ2v) is 0.368. The second-order valence-electron chi connectivity index (χ2n) is 0.368. The van der Waals surface area contributed by atoms with Crippen molar-refractivity contribution in [1.29, 1.82) is 0 Å². The Hall–Kier alpha value is 1.94. The van der Waals surface area contributed by atoms with E-state index >= 15 is 0 Å². The predicted octanol–water partition coefficient (Wildman–Crippen LogP) is -9.34. The summed E-state index contributed by atoms with van der Waals surface area (Å²) in [5.41, 5.74) is 4.00. The van der Waals surface area contributed by atoms with E-state index in [4.69, 9.17) is 10.0 Å². The molecule has 0 aliphatic heterocycles. The van der Waals surface area contributed by atoms with E-state index in [1.54, 1.807) is 0 Å². The van der Waals surface area contributed by atoms with E-state index in [0.717, 1.165) is 0 Å². The average Bonchev–Trinajstić information content (AvgIpc) is 0.811. The quantitative estimate of drug-likeness (QED) is 0.311. The molecule has 0 radical (unpaired) electrons. The molecule has 0 rings (SSSR count). The van der Waals surface area contributed by atoms with Crippen molar-refractivity contribution in [2.24, 2.45) is 5.64 Å². The number of nitrogens with two attached hydrogens (primary N) is 1. The number of hydrogen-bond donors (Lipinski definition) is 1. The van der Waals surface area contributed by atoms with Gasteiger partial charge in [0.2, 0.25) is 0 Å². The van der Waals surface area contributed by atoms with E-state index in [2.05, 4.69) is 5.64 Å². The van der Waals surface area contributed by atoms with Crippen LogP contribution in [0.1, 0.15) is 0 Å². The minimum absolute atomic E-state index is 0. The summed E-state index contributed by atoms with van der Waals surface area (Å²) in [5.74, 6) is 0. The summed E-state index contributed by atoms with van der Waals surface area (Å²) in [6.45, 7) is 0. The van der Waals surface area contributed by atoms with Crippen LogP contribution in [-0.4, -0.2) is 7.25 Å². The third-order valence-electron chi connectivity index (χ3n) is 0. The zero-order valence-corrected chi connectivity index (χ0v) is 7.97. The third kappa shape index (κ3) is 38.4. The van der Waals surface area contributed by atoms with Crippen LogP contribution in [-0.2, 0) is 0 Å².